The van der Waals surface area contributed by atoms with E-state index in [-0.39, 0.29) is 0 Å². The smallest absolute Gasteiger partial charge is 0.373 e. The van der Waals surface area contributed by atoms with E-state index in [0.29, 0.717) is 5.56 Å². The van der Waals surface area contributed by atoms with Crippen LogP contribution >= 0.6 is 16.9 Å². The second-order valence-electron chi connectivity index (χ2n) is 4.15. The minimum absolute atomic E-state index is 0.411. The van der Waals surface area contributed by atoms with Gasteiger partial charge in [-0.1, -0.05) is 16.7 Å². The molecule has 2 atom stereocenters. The fourth-order valence-electron chi connectivity index (χ4n) is 1.60. The van der Waals surface area contributed by atoms with Gasteiger partial charge in [0.2, 0.25) is 6.29 Å². The van der Waals surface area contributed by atoms with Crippen molar-refractivity contribution in [3.63, 3.8) is 0 Å². The highest BCUT2D eigenvalue weighted by molar-refractivity contribution is 7.39. The first-order chi connectivity index (χ1) is 9.93. The van der Waals surface area contributed by atoms with Crippen molar-refractivity contribution in [1.82, 2.24) is 5.32 Å². The van der Waals surface area contributed by atoms with Crippen molar-refractivity contribution >= 4 is 22.5 Å². The van der Waals surface area contributed by atoms with Crippen molar-refractivity contribution in [1.29, 1.82) is 0 Å². The molecule has 2 unspecified atom stereocenters. The number of rotatable bonds is 9. The molecule has 0 fully saturated rings. The third kappa shape index (κ3) is 6.74. The van der Waals surface area contributed by atoms with Crippen molar-refractivity contribution < 1.29 is 28.3 Å². The molecule has 8 nitrogen and oxygen atoms in total. The van der Waals surface area contributed by atoms with Gasteiger partial charge in [0.1, 0.15) is 0 Å². The highest BCUT2D eigenvalue weighted by Crippen LogP contribution is 2.39. The van der Waals surface area contributed by atoms with Crippen molar-refractivity contribution in [2.24, 2.45) is 0 Å². The predicted octanol–water partition coefficient (Wildman–Crippen LogP) is 1.24. The van der Waals surface area contributed by atoms with Crippen molar-refractivity contribution in [2.75, 3.05) is 32.1 Å². The Balaban J connectivity index is 2.79. The van der Waals surface area contributed by atoms with Crippen LogP contribution in [0.4, 0.5) is 5.69 Å². The molecule has 0 heterocycles. The van der Waals surface area contributed by atoms with Crippen LogP contribution < -0.4 is 10.2 Å². The van der Waals surface area contributed by atoms with Crippen LogP contribution in [0.2, 0.25) is 0 Å². The van der Waals surface area contributed by atoms with Crippen LogP contribution in [0.15, 0.2) is 24.3 Å². The molecule has 0 saturated heterocycles. The van der Waals surface area contributed by atoms with Gasteiger partial charge in [0, 0.05) is 36.0 Å². The quantitative estimate of drug-likeness (QED) is 0.393. The third-order valence-corrected chi connectivity index (χ3v) is 3.43. The molecule has 0 aliphatic carbocycles. The first kappa shape index (κ1) is 18.4. The Labute approximate surface area is 125 Å². The Hall–Kier alpha value is -0.690. The maximum Gasteiger partial charge on any atom is 0.697 e. The average molecular weight is 337 g/mol. The van der Waals surface area contributed by atoms with Crippen LogP contribution in [0, 0.1) is 0 Å². The summed E-state index contributed by atoms with van der Waals surface area (Å²) >= 11 is 0. The van der Waals surface area contributed by atoms with Crippen LogP contribution in [0.1, 0.15) is 11.9 Å². The second kappa shape index (κ2) is 9.35. The molecule has 0 spiro atoms. The molecule has 0 aliphatic heterocycles. The van der Waals surface area contributed by atoms with Crippen LogP contribution in [0.5, 0.6) is 0 Å². The first-order valence-corrected chi connectivity index (χ1v) is 8.37. The zero-order valence-electron chi connectivity index (χ0n) is 11.7. The molecule has 4 N–H and O–H groups in total. The Morgan fingerprint density at radius 3 is 2.48 bits per heavy atom. The van der Waals surface area contributed by atoms with E-state index in [1.54, 1.807) is 24.3 Å². The number of nitrogens with one attached hydrogen (secondary N) is 1. The fraction of sp³-hybridized carbons (Fsp3) is 0.455. The van der Waals surface area contributed by atoms with Gasteiger partial charge in [0.05, 0.1) is 0 Å². The Morgan fingerprint density at radius 1 is 1.38 bits per heavy atom. The van der Waals surface area contributed by atoms with Gasteiger partial charge < -0.3 is 20.0 Å². The van der Waals surface area contributed by atoms with Crippen LogP contribution in [0.3, 0.4) is 0 Å². The largest absolute Gasteiger partial charge is 0.697 e. The monoisotopic (exact) mass is 337 g/mol. The lowest BCUT2D eigenvalue weighted by Gasteiger charge is -2.20. The van der Waals surface area contributed by atoms with E-state index in [0.717, 1.165) is 18.8 Å². The van der Waals surface area contributed by atoms with E-state index in [1.807, 2.05) is 19.0 Å². The van der Waals surface area contributed by atoms with E-state index >= 15 is 0 Å². The maximum absolute atomic E-state index is 10.7. The van der Waals surface area contributed by atoms with Crippen LogP contribution in [-0.2, 0) is 13.6 Å². The molecule has 0 amide bonds. The number of benzene rings is 1. The Bertz CT molecular complexity index is 445. The average Bonchev–Trinajstić information content (AvgIpc) is 2.43. The Kier molecular flexibility index (Phi) is 8.18. The minimum atomic E-state index is -2.93. The van der Waals surface area contributed by atoms with Crippen molar-refractivity contribution in [2.45, 2.75) is 6.29 Å². The number of nitrogens with zero attached hydrogens (tertiary/aromatic N) is 1. The number of anilines is 1. The molecular weight excluding hydrogens is 318 g/mol. The topological polar surface area (TPSA) is 111 Å². The molecule has 0 bridgehead atoms. The summed E-state index contributed by atoms with van der Waals surface area (Å²) in [6, 6.07) is 6.83. The SMILES string of the molecule is CNCCN(C)c1ccc(C(OP(O)O)O[P+](=O)O)cc1. The summed E-state index contributed by atoms with van der Waals surface area (Å²) in [5, 5.41) is 3.05. The van der Waals surface area contributed by atoms with E-state index in [1.165, 1.54) is 0 Å². The van der Waals surface area contributed by atoms with E-state index in [2.05, 4.69) is 9.84 Å². The first-order valence-electron chi connectivity index (χ1n) is 6.07. The predicted molar refractivity (Wildman–Crippen MR) is 79.7 cm³/mol. The van der Waals surface area contributed by atoms with Gasteiger partial charge >= 0.3 is 16.9 Å². The highest BCUT2D eigenvalue weighted by Gasteiger charge is 2.28. The number of likely N-dealkylation sites (N-methyl/N-ethyl adjacent to an activating group) is 2. The van der Waals surface area contributed by atoms with Crippen molar-refractivity contribution in [3.8, 4) is 0 Å². The van der Waals surface area contributed by atoms with Crippen LogP contribution in [0.25, 0.3) is 0 Å². The molecule has 1 aromatic rings. The molecule has 118 valence electrons. The lowest BCUT2D eigenvalue weighted by Crippen LogP contribution is -2.26. The summed E-state index contributed by atoms with van der Waals surface area (Å²) in [6.07, 6.45) is -1.31. The summed E-state index contributed by atoms with van der Waals surface area (Å²) in [6.45, 7) is 1.64. The second-order valence-corrected chi connectivity index (χ2v) is 5.55. The molecule has 10 heteroatoms. The molecule has 0 aliphatic rings. The molecule has 0 radical (unpaired) electrons. The van der Waals surface area contributed by atoms with E-state index < -0.39 is 23.1 Å². The van der Waals surface area contributed by atoms with E-state index in [9.17, 15) is 4.57 Å². The maximum atomic E-state index is 10.7. The zero-order chi connectivity index (χ0) is 15.8. The van der Waals surface area contributed by atoms with Gasteiger partial charge in [-0.15, -0.1) is 4.89 Å². The van der Waals surface area contributed by atoms with Gasteiger partial charge in [0.25, 0.3) is 0 Å². The number of hydrogen-bond donors (Lipinski definition) is 4. The fourth-order valence-corrected chi connectivity index (χ4v) is 2.34. The number of hydrogen-bond acceptors (Lipinski definition) is 7. The standard InChI is InChI=1S/C11H18N2O6P2/c1-12-7-8-13(2)10-5-3-9(4-6-10)11(18-20(14)15)19-21(16)17/h3-6,11-12,14-15H,7-8H2,1-2H3/p+1. The van der Waals surface area contributed by atoms with E-state index in [4.69, 9.17) is 19.2 Å². The lowest BCUT2D eigenvalue weighted by molar-refractivity contribution is -0.00623. The summed E-state index contributed by atoms with van der Waals surface area (Å²) in [5.41, 5.74) is 1.35. The van der Waals surface area contributed by atoms with Crippen molar-refractivity contribution in [3.05, 3.63) is 29.8 Å². The minimum Gasteiger partial charge on any atom is -0.373 e. The normalized spacial score (nSPS) is 13.3. The molecule has 1 aromatic carbocycles. The summed E-state index contributed by atoms with van der Waals surface area (Å²) in [5.74, 6) is 0. The van der Waals surface area contributed by atoms with Gasteiger partial charge in [-0.2, -0.15) is 0 Å². The Morgan fingerprint density at radius 2 is 2.00 bits per heavy atom. The molecule has 1 rings (SSSR count). The van der Waals surface area contributed by atoms with Gasteiger partial charge in [-0.3, -0.25) is 4.52 Å². The summed E-state index contributed by atoms with van der Waals surface area (Å²) in [4.78, 5) is 28.5. The zero-order valence-corrected chi connectivity index (χ0v) is 13.5. The summed E-state index contributed by atoms with van der Waals surface area (Å²) in [7, 11) is -1.83. The summed E-state index contributed by atoms with van der Waals surface area (Å²) < 4.78 is 20.1. The molecule has 0 aromatic heterocycles. The third-order valence-electron chi connectivity index (χ3n) is 2.68. The van der Waals surface area contributed by atoms with Gasteiger partial charge in [-0.25, -0.2) is 0 Å². The van der Waals surface area contributed by atoms with Gasteiger partial charge in [0.15, 0.2) is 0 Å². The molecule has 21 heavy (non-hydrogen) atoms. The lowest BCUT2D eigenvalue weighted by atomic mass is 10.2. The molecular formula is C11H19N2O6P2+. The van der Waals surface area contributed by atoms with Gasteiger partial charge in [-0.05, 0) is 19.2 Å². The molecule has 0 saturated carbocycles. The highest BCUT2D eigenvalue weighted by atomic mass is 31.2. The van der Waals surface area contributed by atoms with Crippen LogP contribution in [-0.4, -0.2) is 41.9 Å².